The minimum atomic E-state index is -0.0731. The van der Waals surface area contributed by atoms with Crippen molar-refractivity contribution in [3.05, 3.63) is 0 Å². The number of alkyl halides is 1. The number of rotatable bonds is 15. The second kappa shape index (κ2) is 16.8. The van der Waals surface area contributed by atoms with Crippen molar-refractivity contribution in [2.45, 2.75) is 89.9 Å². The quantitative estimate of drug-likeness (QED) is 0.215. The lowest BCUT2D eigenvalue weighted by Crippen LogP contribution is -1.99. The molecular weight excluding hydrogens is 272 g/mol. The van der Waals surface area contributed by atoms with Crippen molar-refractivity contribution in [3.8, 4) is 0 Å². The summed E-state index contributed by atoms with van der Waals surface area (Å²) in [4.78, 5) is 10.9. The van der Waals surface area contributed by atoms with Gasteiger partial charge in [0.1, 0.15) is 0 Å². The highest BCUT2D eigenvalue weighted by molar-refractivity contribution is 6.17. The van der Waals surface area contributed by atoms with E-state index in [0.717, 1.165) is 18.7 Å². The maximum atomic E-state index is 10.9. The van der Waals surface area contributed by atoms with E-state index in [2.05, 4.69) is 4.74 Å². The minimum absolute atomic E-state index is 0.0731. The van der Waals surface area contributed by atoms with Gasteiger partial charge in [0.2, 0.25) is 0 Å². The van der Waals surface area contributed by atoms with Crippen molar-refractivity contribution in [1.29, 1.82) is 0 Å². The van der Waals surface area contributed by atoms with Crippen LogP contribution < -0.4 is 0 Å². The molecule has 0 amide bonds. The smallest absolute Gasteiger partial charge is 0.305 e. The average molecular weight is 305 g/mol. The van der Waals surface area contributed by atoms with E-state index in [-0.39, 0.29) is 5.97 Å². The summed E-state index contributed by atoms with van der Waals surface area (Å²) >= 11 is 5.64. The monoisotopic (exact) mass is 304 g/mol. The molecule has 0 radical (unpaired) electrons. The van der Waals surface area contributed by atoms with E-state index in [4.69, 9.17) is 11.6 Å². The van der Waals surface area contributed by atoms with Crippen LogP contribution in [0.25, 0.3) is 0 Å². The van der Waals surface area contributed by atoms with Crippen LogP contribution in [-0.4, -0.2) is 19.0 Å². The molecular formula is C17H33ClO2. The highest BCUT2D eigenvalue weighted by atomic mass is 35.5. The fourth-order valence-electron chi connectivity index (χ4n) is 2.41. The molecule has 0 rings (SSSR count). The summed E-state index contributed by atoms with van der Waals surface area (Å²) in [6.45, 7) is 0. The third-order valence-electron chi connectivity index (χ3n) is 3.74. The maximum Gasteiger partial charge on any atom is 0.305 e. The number of hydrogen-bond acceptors (Lipinski definition) is 2. The second-order valence-electron chi connectivity index (χ2n) is 5.61. The van der Waals surface area contributed by atoms with Crippen LogP contribution in [0.5, 0.6) is 0 Å². The lowest BCUT2D eigenvalue weighted by atomic mass is 10.0. The van der Waals surface area contributed by atoms with E-state index in [1.807, 2.05) is 0 Å². The number of halogens is 1. The van der Waals surface area contributed by atoms with Gasteiger partial charge in [0.05, 0.1) is 7.11 Å². The van der Waals surface area contributed by atoms with Gasteiger partial charge in [-0.25, -0.2) is 0 Å². The maximum absolute atomic E-state index is 10.9. The molecule has 0 heterocycles. The van der Waals surface area contributed by atoms with Crippen molar-refractivity contribution in [1.82, 2.24) is 0 Å². The van der Waals surface area contributed by atoms with Crippen LogP contribution in [0, 0.1) is 0 Å². The topological polar surface area (TPSA) is 26.3 Å². The molecule has 120 valence electrons. The van der Waals surface area contributed by atoms with Crippen LogP contribution in [0.1, 0.15) is 89.9 Å². The van der Waals surface area contributed by atoms with Crippen molar-refractivity contribution in [2.75, 3.05) is 13.0 Å². The molecule has 0 atom stereocenters. The molecule has 0 saturated carbocycles. The van der Waals surface area contributed by atoms with Gasteiger partial charge in [-0.15, -0.1) is 11.6 Å². The van der Waals surface area contributed by atoms with E-state index < -0.39 is 0 Å². The fraction of sp³-hybridized carbons (Fsp3) is 0.941. The SMILES string of the molecule is COC(=O)CCCCCCCCCCCCCCCCl. The fourth-order valence-corrected chi connectivity index (χ4v) is 2.60. The Morgan fingerprint density at radius 1 is 0.700 bits per heavy atom. The molecule has 0 aliphatic heterocycles. The van der Waals surface area contributed by atoms with Gasteiger partial charge in [-0.2, -0.15) is 0 Å². The molecule has 0 aliphatic carbocycles. The van der Waals surface area contributed by atoms with Crippen molar-refractivity contribution >= 4 is 17.6 Å². The third-order valence-corrected chi connectivity index (χ3v) is 4.01. The molecule has 0 N–H and O–H groups in total. The van der Waals surface area contributed by atoms with Crippen LogP contribution in [0.3, 0.4) is 0 Å². The highest BCUT2D eigenvalue weighted by Crippen LogP contribution is 2.13. The van der Waals surface area contributed by atoms with Crippen molar-refractivity contribution in [3.63, 3.8) is 0 Å². The van der Waals surface area contributed by atoms with E-state index in [1.165, 1.54) is 77.7 Å². The van der Waals surface area contributed by atoms with E-state index in [0.29, 0.717) is 6.42 Å². The van der Waals surface area contributed by atoms with Gasteiger partial charge in [-0.1, -0.05) is 70.6 Å². The van der Waals surface area contributed by atoms with Gasteiger partial charge in [-0.05, 0) is 12.8 Å². The summed E-state index contributed by atoms with van der Waals surface area (Å²) < 4.78 is 4.62. The number of carbonyl (C=O) groups is 1. The first-order valence-corrected chi connectivity index (χ1v) is 8.97. The third kappa shape index (κ3) is 15.8. The summed E-state index contributed by atoms with van der Waals surface area (Å²) in [6.07, 6.45) is 17.4. The molecule has 0 aromatic heterocycles. The van der Waals surface area contributed by atoms with Gasteiger partial charge in [0.15, 0.2) is 0 Å². The predicted molar refractivity (Wildman–Crippen MR) is 87.4 cm³/mol. The Labute approximate surface area is 130 Å². The average Bonchev–Trinajstić information content (AvgIpc) is 2.47. The number of ether oxygens (including phenoxy) is 1. The Balaban J connectivity index is 2.97. The van der Waals surface area contributed by atoms with Crippen molar-refractivity contribution < 1.29 is 9.53 Å². The molecule has 0 aliphatic rings. The molecule has 0 fully saturated rings. The van der Waals surface area contributed by atoms with Crippen molar-refractivity contribution in [2.24, 2.45) is 0 Å². The van der Waals surface area contributed by atoms with Crippen LogP contribution in [0.15, 0.2) is 0 Å². The summed E-state index contributed by atoms with van der Waals surface area (Å²) in [6, 6.07) is 0. The van der Waals surface area contributed by atoms with Gasteiger partial charge in [0, 0.05) is 12.3 Å². The number of hydrogen-bond donors (Lipinski definition) is 0. The first-order chi connectivity index (χ1) is 9.81. The zero-order valence-corrected chi connectivity index (χ0v) is 14.1. The van der Waals surface area contributed by atoms with E-state index in [1.54, 1.807) is 0 Å². The Morgan fingerprint density at radius 2 is 1.05 bits per heavy atom. The number of carbonyl (C=O) groups excluding carboxylic acids is 1. The lowest BCUT2D eigenvalue weighted by Gasteiger charge is -2.03. The Kier molecular flexibility index (Phi) is 16.6. The molecule has 0 bridgehead atoms. The summed E-state index contributed by atoms with van der Waals surface area (Å²) in [5.41, 5.74) is 0. The molecule has 0 aromatic rings. The zero-order chi connectivity index (χ0) is 14.9. The molecule has 0 spiro atoms. The summed E-state index contributed by atoms with van der Waals surface area (Å²) in [5, 5.41) is 0. The van der Waals surface area contributed by atoms with Gasteiger partial charge < -0.3 is 4.74 Å². The first-order valence-electron chi connectivity index (χ1n) is 8.44. The first kappa shape index (κ1) is 19.8. The van der Waals surface area contributed by atoms with Gasteiger partial charge in [0.25, 0.3) is 0 Å². The molecule has 0 saturated heterocycles. The zero-order valence-electron chi connectivity index (χ0n) is 13.3. The lowest BCUT2D eigenvalue weighted by molar-refractivity contribution is -0.140. The van der Waals surface area contributed by atoms with E-state index >= 15 is 0 Å². The summed E-state index contributed by atoms with van der Waals surface area (Å²) in [7, 11) is 1.46. The predicted octanol–water partition coefficient (Wildman–Crippen LogP) is 5.86. The minimum Gasteiger partial charge on any atom is -0.469 e. The Bertz CT molecular complexity index is 207. The standard InChI is InChI=1S/C17H33ClO2/c1-20-17(19)15-13-11-9-7-5-3-2-4-6-8-10-12-14-16-18/h2-16H2,1H3. The van der Waals surface area contributed by atoms with Gasteiger partial charge >= 0.3 is 5.97 Å². The molecule has 0 aromatic carbocycles. The molecule has 0 unspecified atom stereocenters. The van der Waals surface area contributed by atoms with Gasteiger partial charge in [-0.3, -0.25) is 4.79 Å². The molecule has 20 heavy (non-hydrogen) atoms. The Morgan fingerprint density at radius 3 is 1.40 bits per heavy atom. The van der Waals surface area contributed by atoms with E-state index in [9.17, 15) is 4.79 Å². The van der Waals surface area contributed by atoms with Crippen LogP contribution in [-0.2, 0) is 9.53 Å². The van der Waals surface area contributed by atoms with Crippen LogP contribution in [0.4, 0.5) is 0 Å². The summed E-state index contributed by atoms with van der Waals surface area (Å²) in [5.74, 6) is 0.746. The number of unbranched alkanes of at least 4 members (excludes halogenated alkanes) is 12. The largest absolute Gasteiger partial charge is 0.469 e. The van der Waals surface area contributed by atoms with Crippen LogP contribution in [0.2, 0.25) is 0 Å². The highest BCUT2D eigenvalue weighted by Gasteiger charge is 1.99. The molecule has 2 nitrogen and oxygen atoms in total. The number of esters is 1. The van der Waals surface area contributed by atoms with Crippen LogP contribution >= 0.6 is 11.6 Å². The second-order valence-corrected chi connectivity index (χ2v) is 5.99. The molecule has 3 heteroatoms. The number of methoxy groups -OCH3 is 1. The Hall–Kier alpha value is -0.240. The normalized spacial score (nSPS) is 10.7.